The van der Waals surface area contributed by atoms with E-state index in [0.717, 1.165) is 26.2 Å². The Balaban J connectivity index is 2.27. The molecule has 0 saturated heterocycles. The number of hydrogen-bond donors (Lipinski definition) is 1. The predicted octanol–water partition coefficient (Wildman–Crippen LogP) is 2.99. The van der Waals surface area contributed by atoms with E-state index in [1.165, 1.54) is 20.5 Å². The number of benzene rings is 1. The highest BCUT2D eigenvalue weighted by Crippen LogP contribution is 2.31. The molecular weight excluding hydrogens is 268 g/mol. The molecule has 0 amide bonds. The summed E-state index contributed by atoms with van der Waals surface area (Å²) in [5.41, 5.74) is 7.26. The first-order chi connectivity index (χ1) is 9.80. The van der Waals surface area contributed by atoms with Crippen molar-refractivity contribution in [2.24, 2.45) is 5.73 Å². The number of ether oxygens (including phenoxy) is 1. The molecular formula is C16H22N2OS. The number of rotatable bonds is 8. The van der Waals surface area contributed by atoms with Crippen molar-refractivity contribution >= 4 is 21.4 Å². The molecule has 2 aromatic rings. The van der Waals surface area contributed by atoms with E-state index in [4.69, 9.17) is 10.5 Å². The summed E-state index contributed by atoms with van der Waals surface area (Å²) in [5.74, 6) is 0. The topological polar surface area (TPSA) is 38.5 Å². The summed E-state index contributed by atoms with van der Waals surface area (Å²) < 4.78 is 6.50. The van der Waals surface area contributed by atoms with Gasteiger partial charge in [-0.25, -0.2) is 0 Å². The molecule has 108 valence electrons. The fraction of sp³-hybridized carbons (Fsp3) is 0.375. The number of hydrogen-bond acceptors (Lipinski definition) is 4. The van der Waals surface area contributed by atoms with Crippen molar-refractivity contribution in [1.82, 2.24) is 4.90 Å². The van der Waals surface area contributed by atoms with E-state index >= 15 is 0 Å². The van der Waals surface area contributed by atoms with Gasteiger partial charge in [-0.05, 0) is 17.0 Å². The van der Waals surface area contributed by atoms with Crippen molar-refractivity contribution in [3.8, 4) is 0 Å². The third-order valence-corrected chi connectivity index (χ3v) is 4.58. The summed E-state index contributed by atoms with van der Waals surface area (Å²) >= 11 is 1.80. The van der Waals surface area contributed by atoms with Crippen LogP contribution >= 0.6 is 11.3 Å². The van der Waals surface area contributed by atoms with Gasteiger partial charge in [0, 0.05) is 42.9 Å². The quantitative estimate of drug-likeness (QED) is 0.760. The van der Waals surface area contributed by atoms with E-state index < -0.39 is 0 Å². The smallest absolute Gasteiger partial charge is 0.0589 e. The highest BCUT2D eigenvalue weighted by molar-refractivity contribution is 7.19. The maximum absolute atomic E-state index is 5.91. The molecule has 1 aromatic heterocycles. The zero-order valence-electron chi connectivity index (χ0n) is 12.0. The molecule has 0 aliphatic rings. The molecule has 20 heavy (non-hydrogen) atoms. The molecule has 0 unspecified atom stereocenters. The third-order valence-electron chi connectivity index (χ3n) is 3.35. The van der Waals surface area contributed by atoms with E-state index in [-0.39, 0.29) is 0 Å². The average molecular weight is 290 g/mol. The zero-order valence-corrected chi connectivity index (χ0v) is 12.8. The van der Waals surface area contributed by atoms with Gasteiger partial charge in [0.15, 0.2) is 0 Å². The van der Waals surface area contributed by atoms with Crippen LogP contribution < -0.4 is 5.73 Å². The first-order valence-corrected chi connectivity index (χ1v) is 7.63. The minimum atomic E-state index is 0.598. The van der Waals surface area contributed by atoms with Gasteiger partial charge < -0.3 is 10.5 Å². The molecule has 0 fully saturated rings. The second-order valence-corrected chi connectivity index (χ2v) is 5.86. The third kappa shape index (κ3) is 3.46. The SMILES string of the molecule is C=CCN(CCOC)Cc1c(CN)sc2ccccc12. The fourth-order valence-corrected chi connectivity index (χ4v) is 3.44. The Kier molecular flexibility index (Phi) is 5.73. The van der Waals surface area contributed by atoms with Crippen molar-refractivity contribution in [3.63, 3.8) is 0 Å². The Morgan fingerprint density at radius 2 is 2.20 bits per heavy atom. The standard InChI is InChI=1S/C16H22N2OS/c1-3-8-18(9-10-19-2)12-14-13-6-4-5-7-15(13)20-16(14)11-17/h3-7H,1,8-12,17H2,2H3. The molecule has 0 radical (unpaired) electrons. The van der Waals surface area contributed by atoms with Gasteiger partial charge in [0.05, 0.1) is 6.61 Å². The lowest BCUT2D eigenvalue weighted by atomic mass is 10.1. The zero-order chi connectivity index (χ0) is 14.4. The normalized spacial score (nSPS) is 11.3. The summed E-state index contributed by atoms with van der Waals surface area (Å²) in [6.45, 7) is 7.82. The molecule has 3 nitrogen and oxygen atoms in total. The van der Waals surface area contributed by atoms with E-state index in [2.05, 4.69) is 35.7 Å². The number of fused-ring (bicyclic) bond motifs is 1. The Morgan fingerprint density at radius 1 is 1.40 bits per heavy atom. The van der Waals surface area contributed by atoms with Gasteiger partial charge in [0.2, 0.25) is 0 Å². The average Bonchev–Trinajstić information content (AvgIpc) is 2.83. The first kappa shape index (κ1) is 15.2. The van der Waals surface area contributed by atoms with Crippen LogP contribution in [0.15, 0.2) is 36.9 Å². The molecule has 1 heterocycles. The van der Waals surface area contributed by atoms with Crippen LogP contribution in [0, 0.1) is 0 Å². The lowest BCUT2D eigenvalue weighted by molar-refractivity contribution is 0.151. The van der Waals surface area contributed by atoms with E-state index in [1.807, 2.05) is 6.08 Å². The molecule has 0 aliphatic heterocycles. The van der Waals surface area contributed by atoms with Crippen LogP contribution in [0.1, 0.15) is 10.4 Å². The van der Waals surface area contributed by atoms with Crippen molar-refractivity contribution in [3.05, 3.63) is 47.4 Å². The number of nitrogens with zero attached hydrogens (tertiary/aromatic N) is 1. The summed E-state index contributed by atoms with van der Waals surface area (Å²) in [6, 6.07) is 8.51. The molecule has 2 N–H and O–H groups in total. The van der Waals surface area contributed by atoms with Crippen LogP contribution in [0.2, 0.25) is 0 Å². The second-order valence-electron chi connectivity index (χ2n) is 4.72. The highest BCUT2D eigenvalue weighted by Gasteiger charge is 2.13. The molecule has 0 atom stereocenters. The van der Waals surface area contributed by atoms with Gasteiger partial charge >= 0.3 is 0 Å². The van der Waals surface area contributed by atoms with Gasteiger partial charge in [-0.3, -0.25) is 4.90 Å². The van der Waals surface area contributed by atoms with Crippen LogP contribution in [-0.4, -0.2) is 31.7 Å². The van der Waals surface area contributed by atoms with Crippen molar-refractivity contribution in [1.29, 1.82) is 0 Å². The first-order valence-electron chi connectivity index (χ1n) is 6.81. The van der Waals surface area contributed by atoms with Crippen LogP contribution in [0.5, 0.6) is 0 Å². The Bertz CT molecular complexity index is 565. The molecule has 0 bridgehead atoms. The Labute approximate surface area is 124 Å². The monoisotopic (exact) mass is 290 g/mol. The molecule has 2 rings (SSSR count). The van der Waals surface area contributed by atoms with Crippen LogP contribution in [-0.2, 0) is 17.8 Å². The minimum Gasteiger partial charge on any atom is -0.383 e. The lowest BCUT2D eigenvalue weighted by Crippen LogP contribution is -2.27. The van der Waals surface area contributed by atoms with Gasteiger partial charge in [0.1, 0.15) is 0 Å². The molecule has 1 aromatic carbocycles. The summed E-state index contributed by atoms with van der Waals surface area (Å²) in [7, 11) is 1.73. The van der Waals surface area contributed by atoms with E-state index in [1.54, 1.807) is 18.4 Å². The summed E-state index contributed by atoms with van der Waals surface area (Å²) in [6.07, 6.45) is 1.94. The van der Waals surface area contributed by atoms with Gasteiger partial charge in [0.25, 0.3) is 0 Å². The van der Waals surface area contributed by atoms with Crippen molar-refractivity contribution in [2.75, 3.05) is 26.8 Å². The van der Waals surface area contributed by atoms with Gasteiger partial charge in [-0.1, -0.05) is 24.3 Å². The Hall–Kier alpha value is -1.20. The highest BCUT2D eigenvalue weighted by atomic mass is 32.1. The van der Waals surface area contributed by atoms with Gasteiger partial charge in [-0.2, -0.15) is 0 Å². The lowest BCUT2D eigenvalue weighted by Gasteiger charge is -2.20. The minimum absolute atomic E-state index is 0.598. The van der Waals surface area contributed by atoms with Crippen LogP contribution in [0.25, 0.3) is 10.1 Å². The van der Waals surface area contributed by atoms with Crippen LogP contribution in [0.3, 0.4) is 0 Å². The molecule has 0 aliphatic carbocycles. The number of thiophene rings is 1. The number of methoxy groups -OCH3 is 1. The van der Waals surface area contributed by atoms with Crippen molar-refractivity contribution < 1.29 is 4.74 Å². The molecule has 0 spiro atoms. The largest absolute Gasteiger partial charge is 0.383 e. The molecule has 4 heteroatoms. The van der Waals surface area contributed by atoms with Crippen LogP contribution in [0.4, 0.5) is 0 Å². The summed E-state index contributed by atoms with van der Waals surface area (Å²) in [4.78, 5) is 3.61. The fourth-order valence-electron chi connectivity index (χ4n) is 2.35. The number of nitrogens with two attached hydrogens (primary N) is 1. The van der Waals surface area contributed by atoms with E-state index in [9.17, 15) is 0 Å². The Morgan fingerprint density at radius 3 is 2.90 bits per heavy atom. The van der Waals surface area contributed by atoms with E-state index in [0.29, 0.717) is 6.54 Å². The van der Waals surface area contributed by atoms with Crippen molar-refractivity contribution in [2.45, 2.75) is 13.1 Å². The maximum Gasteiger partial charge on any atom is 0.0589 e. The molecule has 0 saturated carbocycles. The predicted molar refractivity (Wildman–Crippen MR) is 87.1 cm³/mol. The maximum atomic E-state index is 5.91. The van der Waals surface area contributed by atoms with Gasteiger partial charge in [-0.15, -0.1) is 17.9 Å². The second kappa shape index (κ2) is 7.55. The summed E-state index contributed by atoms with van der Waals surface area (Å²) in [5, 5.41) is 1.32.